The number of unbranched alkanes of at least 4 members (excludes halogenated alkanes) is 20. The van der Waals surface area contributed by atoms with E-state index in [0.29, 0.717) is 25.7 Å². The summed E-state index contributed by atoms with van der Waals surface area (Å²) in [7, 11) is -9.84. The molecule has 0 amide bonds. The number of allylic oxidation sites excluding steroid dienone is 32. The summed E-state index contributed by atoms with van der Waals surface area (Å²) >= 11 is 0. The van der Waals surface area contributed by atoms with E-state index in [9.17, 15) is 43.5 Å². The van der Waals surface area contributed by atoms with E-state index in [1.165, 1.54) is 57.8 Å². The van der Waals surface area contributed by atoms with Crippen molar-refractivity contribution < 1.29 is 75.8 Å². The lowest BCUT2D eigenvalue weighted by Crippen LogP contribution is -2.29. The van der Waals surface area contributed by atoms with E-state index in [-0.39, 0.29) is 19.3 Å². The molecule has 0 saturated heterocycles. The molecule has 0 spiro atoms. The highest BCUT2D eigenvalue weighted by molar-refractivity contribution is 7.47. The predicted octanol–water partition coefficient (Wildman–Crippen LogP) is 24.3. The smallest absolute Gasteiger partial charge is 0.463 e. The molecule has 0 saturated carbocycles. The van der Waals surface area contributed by atoms with E-state index < -0.39 is 91.5 Å². The van der Waals surface area contributed by atoms with Gasteiger partial charge in [-0.1, -0.05) is 318 Å². The molecule has 18 heteroatoms. The van der Waals surface area contributed by atoms with E-state index in [2.05, 4.69) is 197 Å². The quantitative estimate of drug-likeness (QED) is 0.0146. The third-order valence-corrected chi connectivity index (χ3v) is 18.2. The Morgan fingerprint density at radius 3 is 0.776 bits per heavy atom. The Balaban J connectivity index is 4.67. The Labute approximate surface area is 648 Å². The van der Waals surface area contributed by atoms with Gasteiger partial charge in [-0.3, -0.25) is 32.5 Å². The lowest BCUT2D eigenvalue weighted by atomic mass is 10.0. The Morgan fingerprint density at radius 2 is 0.486 bits per heavy atom. The van der Waals surface area contributed by atoms with Crippen LogP contribution in [0.1, 0.15) is 290 Å². The summed E-state index contributed by atoms with van der Waals surface area (Å²) in [5, 5.41) is 20.7. The van der Waals surface area contributed by atoms with Gasteiger partial charge >= 0.3 is 33.6 Å². The van der Waals surface area contributed by atoms with Gasteiger partial charge < -0.3 is 34.2 Å². The zero-order chi connectivity index (χ0) is 78.0. The van der Waals surface area contributed by atoms with Crippen LogP contribution < -0.4 is 0 Å². The zero-order valence-corrected chi connectivity index (χ0v) is 68.0. The molecule has 107 heavy (non-hydrogen) atoms. The van der Waals surface area contributed by atoms with Crippen molar-refractivity contribution in [3.63, 3.8) is 0 Å². The minimum Gasteiger partial charge on any atom is -0.463 e. The van der Waals surface area contributed by atoms with E-state index in [1.807, 2.05) is 18.2 Å². The van der Waals surface area contributed by atoms with Gasteiger partial charge in [0, 0.05) is 19.3 Å². The molecule has 0 aliphatic rings. The van der Waals surface area contributed by atoms with Crippen LogP contribution >= 0.6 is 15.6 Å². The molecule has 0 bridgehead atoms. The van der Waals surface area contributed by atoms with Crippen molar-refractivity contribution >= 4 is 33.6 Å². The van der Waals surface area contributed by atoms with Crippen molar-refractivity contribution in [1.29, 1.82) is 0 Å². The summed E-state index contributed by atoms with van der Waals surface area (Å²) in [6.45, 7) is 2.22. The van der Waals surface area contributed by atoms with Gasteiger partial charge in [-0.15, -0.1) is 0 Å². The molecule has 0 aromatic rings. The number of aliphatic hydroxyl groups is 2. The van der Waals surface area contributed by atoms with E-state index in [4.69, 9.17) is 32.3 Å². The largest absolute Gasteiger partial charge is 0.472 e. The van der Waals surface area contributed by atoms with E-state index in [0.717, 1.165) is 167 Å². The number of carbonyl (C=O) groups excluding carboxylic acids is 3. The second kappa shape index (κ2) is 79.9. The first-order valence-corrected chi connectivity index (χ1v) is 43.7. The number of hydrogen-bond donors (Lipinski definition) is 4. The van der Waals surface area contributed by atoms with Crippen molar-refractivity contribution in [2.75, 3.05) is 39.6 Å². The maximum atomic E-state index is 13.0. The highest BCUT2D eigenvalue weighted by Crippen LogP contribution is 2.45. The van der Waals surface area contributed by atoms with Crippen LogP contribution in [-0.4, -0.2) is 95.9 Å². The molecule has 0 aliphatic heterocycles. The van der Waals surface area contributed by atoms with Crippen LogP contribution in [0, 0.1) is 0 Å². The molecule has 0 heterocycles. The number of phosphoric ester groups is 2. The molecular weight excluding hydrogens is 1390 g/mol. The van der Waals surface area contributed by atoms with Gasteiger partial charge in [-0.2, -0.15) is 0 Å². The topological polar surface area (TPSA) is 231 Å². The SMILES string of the molecule is CC/C=C\C/C=C\C/C=C\C/C=C\C/C=C\C/C=C\CCC(=O)OC(COC(=O)CCCCCCCCC/C=C\C/C=C\C/C=C\C/C=C\C/C=C\CC)COP(=O)(O)OCC(O)COP(=O)(O)OCC(O)COC(=O)CCCCCCCCCCCCCCC/C=C\C/C=C\C/C=C\C/C=C\C/C=C\CC. The van der Waals surface area contributed by atoms with Crippen LogP contribution in [0.4, 0.5) is 0 Å². The molecule has 0 fully saturated rings. The lowest BCUT2D eigenvalue weighted by molar-refractivity contribution is -0.161. The normalized spacial score (nSPS) is 14.9. The van der Waals surface area contributed by atoms with Crippen molar-refractivity contribution in [2.45, 2.75) is 309 Å². The Morgan fingerprint density at radius 1 is 0.262 bits per heavy atom. The van der Waals surface area contributed by atoms with Gasteiger partial charge in [0.15, 0.2) is 6.10 Å². The summed E-state index contributed by atoms with van der Waals surface area (Å²) in [4.78, 5) is 58.7. The monoisotopic (exact) mass is 1530 g/mol. The molecule has 5 unspecified atom stereocenters. The van der Waals surface area contributed by atoms with Gasteiger partial charge in [0.05, 0.1) is 26.4 Å². The Bertz CT molecular complexity index is 2720. The third-order valence-electron chi connectivity index (χ3n) is 16.3. The fraction of sp³-hybridized carbons (Fsp3) is 0.607. The lowest BCUT2D eigenvalue weighted by Gasteiger charge is -2.21. The van der Waals surface area contributed by atoms with E-state index >= 15 is 0 Å². The van der Waals surface area contributed by atoms with Crippen LogP contribution in [0.25, 0.3) is 0 Å². The second-order valence-corrected chi connectivity index (χ2v) is 29.3. The Hall–Kier alpha value is -5.61. The highest BCUT2D eigenvalue weighted by Gasteiger charge is 2.29. The standard InChI is InChI=1S/C89H144O16P2/c1-4-7-10-13-16-19-22-25-28-31-34-36-38-39-40-41-42-43-45-47-49-51-54-57-60-63-66-69-72-75-87(92)99-78-84(90)79-101-106(95,96)102-80-85(91)81-103-107(97,98)104-83-86(105-89(94)77-74-71-68-65-62-59-56-53-48-33-30-27-24-21-18-15-12-9-6-3)82-100-88(93)76-73-70-67-64-61-58-55-52-50-46-44-37-35-32-29-26-23-20-17-14-11-8-5-2/h7-12,16-21,25-30,34-37,39-40,46,48,50,53,59,62,68,71,84-86,90-91H,4-6,13-15,22-24,31-33,38,41-45,47,49,51-52,54-58,60-61,63-67,69-70,72-83H2,1-3H3,(H,95,96)(H,97,98)/b10-7-,11-8-,12-9-,19-16-,20-17-,21-18-,28-25-,29-26-,30-27-,36-34-,37-35-,40-39-,50-46-,53-48-,62-59-,71-68-. The molecule has 0 aliphatic carbocycles. The first-order chi connectivity index (χ1) is 52.2. The number of hydrogen-bond acceptors (Lipinski definition) is 14. The Kier molecular flexibility index (Phi) is 75.7. The van der Waals surface area contributed by atoms with Gasteiger partial charge in [-0.05, 0) is 148 Å². The summed E-state index contributed by atoms with van der Waals surface area (Å²) < 4.78 is 61.1. The molecule has 0 radical (unpaired) electrons. The van der Waals surface area contributed by atoms with Crippen molar-refractivity contribution in [3.05, 3.63) is 194 Å². The fourth-order valence-electron chi connectivity index (χ4n) is 10.2. The maximum absolute atomic E-state index is 13.0. The van der Waals surface area contributed by atoms with Gasteiger partial charge in [-0.25, -0.2) is 9.13 Å². The predicted molar refractivity (Wildman–Crippen MR) is 444 cm³/mol. The fourth-order valence-corrected chi connectivity index (χ4v) is 11.8. The van der Waals surface area contributed by atoms with Crippen LogP contribution in [0.3, 0.4) is 0 Å². The highest BCUT2D eigenvalue weighted by atomic mass is 31.2. The number of carbonyl (C=O) groups is 3. The average Bonchev–Trinajstić information content (AvgIpc) is 0.939. The molecule has 606 valence electrons. The summed E-state index contributed by atoms with van der Waals surface area (Å²) in [5.74, 6) is -1.70. The summed E-state index contributed by atoms with van der Waals surface area (Å²) in [6.07, 6.45) is 105. The van der Waals surface area contributed by atoms with Gasteiger partial charge in [0.2, 0.25) is 0 Å². The maximum Gasteiger partial charge on any atom is 0.472 e. The number of rotatable bonds is 75. The molecule has 0 rings (SSSR count). The molecular formula is C89H144O16P2. The van der Waals surface area contributed by atoms with Crippen molar-refractivity contribution in [2.24, 2.45) is 0 Å². The molecule has 0 aromatic heterocycles. The molecule has 0 aromatic carbocycles. The van der Waals surface area contributed by atoms with Crippen molar-refractivity contribution in [1.82, 2.24) is 0 Å². The second-order valence-electron chi connectivity index (χ2n) is 26.4. The summed E-state index contributed by atoms with van der Waals surface area (Å²) in [5.41, 5.74) is 0. The first-order valence-electron chi connectivity index (χ1n) is 40.7. The minimum absolute atomic E-state index is 0.0307. The zero-order valence-electron chi connectivity index (χ0n) is 66.2. The molecule has 5 atom stereocenters. The van der Waals surface area contributed by atoms with Crippen LogP contribution in [0.2, 0.25) is 0 Å². The van der Waals surface area contributed by atoms with Gasteiger partial charge in [0.25, 0.3) is 0 Å². The number of phosphoric acid groups is 2. The van der Waals surface area contributed by atoms with E-state index in [1.54, 1.807) is 0 Å². The number of ether oxygens (including phenoxy) is 3. The van der Waals surface area contributed by atoms with Crippen LogP contribution in [-0.2, 0) is 55.8 Å². The average molecular weight is 1530 g/mol. The number of esters is 3. The first kappa shape index (κ1) is 101. The molecule has 16 nitrogen and oxygen atoms in total. The third kappa shape index (κ3) is 81.2. The minimum atomic E-state index is -4.97. The number of aliphatic hydroxyl groups excluding tert-OH is 2. The van der Waals surface area contributed by atoms with Crippen LogP contribution in [0.5, 0.6) is 0 Å². The molecule has 4 N–H and O–H groups in total. The van der Waals surface area contributed by atoms with Crippen LogP contribution in [0.15, 0.2) is 194 Å². The summed E-state index contributed by atoms with van der Waals surface area (Å²) in [6, 6.07) is 0. The van der Waals surface area contributed by atoms with Gasteiger partial charge in [0.1, 0.15) is 25.4 Å². The van der Waals surface area contributed by atoms with Crippen molar-refractivity contribution in [3.8, 4) is 0 Å².